The van der Waals surface area contributed by atoms with Gasteiger partial charge in [-0.2, -0.15) is 5.10 Å². The molecule has 0 aliphatic rings. The van der Waals surface area contributed by atoms with E-state index in [1.807, 2.05) is 0 Å². The number of nitrogens with zero attached hydrogens (tertiary/aromatic N) is 1. The van der Waals surface area contributed by atoms with Crippen molar-refractivity contribution < 1.29 is 4.79 Å². The number of nitrogens with one attached hydrogen (secondary N) is 2. The molecule has 1 amide bonds. The number of amides is 1. The lowest BCUT2D eigenvalue weighted by Crippen LogP contribution is -2.15. The summed E-state index contributed by atoms with van der Waals surface area (Å²) in [7, 11) is 0. The molecule has 1 heterocycles. The van der Waals surface area contributed by atoms with Crippen LogP contribution in [-0.4, -0.2) is 22.6 Å². The average molecular weight is 238 g/mol. The third-order valence-electron chi connectivity index (χ3n) is 2.83. The molecule has 5 nitrogen and oxygen atoms in total. The molecule has 0 saturated carbocycles. The van der Waals surface area contributed by atoms with Gasteiger partial charge < -0.3 is 11.1 Å². The van der Waals surface area contributed by atoms with Gasteiger partial charge >= 0.3 is 0 Å². The van der Waals surface area contributed by atoms with E-state index in [9.17, 15) is 4.79 Å². The molecule has 0 saturated heterocycles. The summed E-state index contributed by atoms with van der Waals surface area (Å²) >= 11 is 0. The summed E-state index contributed by atoms with van der Waals surface area (Å²) in [6, 6.07) is 0. The van der Waals surface area contributed by atoms with Gasteiger partial charge in [0.05, 0.1) is 11.9 Å². The number of aromatic amines is 1. The second-order valence-electron chi connectivity index (χ2n) is 4.31. The lowest BCUT2D eigenvalue weighted by molar-refractivity contribution is -0.116. The Morgan fingerprint density at radius 2 is 2.35 bits per heavy atom. The summed E-state index contributed by atoms with van der Waals surface area (Å²) in [4.78, 5) is 11.6. The number of carbonyl (C=O) groups is 1. The summed E-state index contributed by atoms with van der Waals surface area (Å²) in [6.07, 6.45) is 8.03. The van der Waals surface area contributed by atoms with E-state index < -0.39 is 0 Å². The van der Waals surface area contributed by atoms with Crippen molar-refractivity contribution in [3.63, 3.8) is 0 Å². The normalized spacial score (nSPS) is 12.4. The van der Waals surface area contributed by atoms with Crippen LogP contribution in [-0.2, 0) is 4.79 Å². The van der Waals surface area contributed by atoms with E-state index in [1.165, 1.54) is 0 Å². The fourth-order valence-corrected chi connectivity index (χ4v) is 1.95. The smallest absolute Gasteiger partial charge is 0.224 e. The maximum absolute atomic E-state index is 11.6. The van der Waals surface area contributed by atoms with E-state index in [0.29, 0.717) is 18.9 Å². The molecule has 4 N–H and O–H groups in total. The highest BCUT2D eigenvalue weighted by Gasteiger charge is 2.10. The molecule has 0 aliphatic carbocycles. The number of hydrogen-bond donors (Lipinski definition) is 3. The highest BCUT2D eigenvalue weighted by molar-refractivity contribution is 5.90. The Balaban J connectivity index is 2.25. The minimum absolute atomic E-state index is 0.0459. The molecule has 1 aromatic rings. The second kappa shape index (κ2) is 7.84. The number of anilines is 1. The number of rotatable bonds is 8. The number of carbonyl (C=O) groups excluding carboxylic acids is 1. The van der Waals surface area contributed by atoms with Gasteiger partial charge in [0.2, 0.25) is 5.91 Å². The van der Waals surface area contributed by atoms with Crippen molar-refractivity contribution in [1.29, 1.82) is 0 Å². The Morgan fingerprint density at radius 1 is 1.53 bits per heavy atom. The first-order valence-corrected chi connectivity index (χ1v) is 6.25. The van der Waals surface area contributed by atoms with E-state index >= 15 is 0 Å². The van der Waals surface area contributed by atoms with Crippen LogP contribution >= 0.6 is 0 Å². The second-order valence-corrected chi connectivity index (χ2v) is 4.31. The van der Waals surface area contributed by atoms with Gasteiger partial charge in [-0.1, -0.05) is 19.8 Å². The van der Waals surface area contributed by atoms with Gasteiger partial charge in [-0.15, -0.1) is 0 Å². The van der Waals surface area contributed by atoms with Gasteiger partial charge in [-0.3, -0.25) is 9.89 Å². The largest absolute Gasteiger partial charge is 0.330 e. The zero-order valence-electron chi connectivity index (χ0n) is 10.4. The lowest BCUT2D eigenvalue weighted by Gasteiger charge is -2.14. The van der Waals surface area contributed by atoms with Crippen LogP contribution < -0.4 is 11.1 Å². The molecule has 96 valence electrons. The number of aromatic nitrogens is 2. The quantitative estimate of drug-likeness (QED) is 0.646. The van der Waals surface area contributed by atoms with E-state index in [0.717, 1.165) is 31.4 Å². The SMILES string of the molecule is CCCC(CCN)CCC(=O)Nc1cn[nH]c1. The molecule has 1 unspecified atom stereocenters. The number of nitrogens with two attached hydrogens (primary N) is 1. The van der Waals surface area contributed by atoms with E-state index in [2.05, 4.69) is 22.4 Å². The molecule has 1 rings (SSSR count). The summed E-state index contributed by atoms with van der Waals surface area (Å²) < 4.78 is 0. The Kier molecular flexibility index (Phi) is 6.32. The molecule has 0 fully saturated rings. The van der Waals surface area contributed by atoms with Crippen molar-refractivity contribution in [3.8, 4) is 0 Å². The van der Waals surface area contributed by atoms with Crippen molar-refractivity contribution in [2.24, 2.45) is 11.7 Å². The highest BCUT2D eigenvalue weighted by atomic mass is 16.1. The summed E-state index contributed by atoms with van der Waals surface area (Å²) in [5, 5.41) is 9.23. The van der Waals surface area contributed by atoms with Gasteiger partial charge in [0.25, 0.3) is 0 Å². The van der Waals surface area contributed by atoms with Crippen molar-refractivity contribution in [3.05, 3.63) is 12.4 Å². The maximum Gasteiger partial charge on any atom is 0.224 e. The Hall–Kier alpha value is -1.36. The lowest BCUT2D eigenvalue weighted by atomic mass is 9.94. The fourth-order valence-electron chi connectivity index (χ4n) is 1.95. The topological polar surface area (TPSA) is 83.8 Å². The third kappa shape index (κ3) is 5.49. The van der Waals surface area contributed by atoms with Crippen molar-refractivity contribution in [1.82, 2.24) is 10.2 Å². The van der Waals surface area contributed by atoms with Crippen LogP contribution in [0, 0.1) is 5.92 Å². The molecular formula is C12H22N4O. The highest BCUT2D eigenvalue weighted by Crippen LogP contribution is 2.17. The number of H-pyrrole nitrogens is 1. The van der Waals surface area contributed by atoms with Gasteiger partial charge in [0.1, 0.15) is 0 Å². The Morgan fingerprint density at radius 3 is 2.94 bits per heavy atom. The standard InChI is InChI=1S/C12H22N4O/c1-2-3-10(6-7-13)4-5-12(17)16-11-8-14-15-9-11/h8-10H,2-7,13H2,1H3,(H,14,15)(H,16,17). The van der Waals surface area contributed by atoms with Crippen LogP contribution in [0.4, 0.5) is 5.69 Å². The van der Waals surface area contributed by atoms with Crippen molar-refractivity contribution >= 4 is 11.6 Å². The minimum Gasteiger partial charge on any atom is -0.330 e. The molecule has 17 heavy (non-hydrogen) atoms. The van der Waals surface area contributed by atoms with Gasteiger partial charge in [-0.05, 0) is 25.3 Å². The summed E-state index contributed by atoms with van der Waals surface area (Å²) in [6.45, 7) is 2.86. The summed E-state index contributed by atoms with van der Waals surface area (Å²) in [5.74, 6) is 0.615. The zero-order chi connectivity index (χ0) is 12.5. The molecule has 0 spiro atoms. The van der Waals surface area contributed by atoms with Crippen LogP contribution in [0.3, 0.4) is 0 Å². The van der Waals surface area contributed by atoms with Gasteiger partial charge in [-0.25, -0.2) is 0 Å². The molecule has 0 aromatic carbocycles. The fraction of sp³-hybridized carbons (Fsp3) is 0.667. The predicted octanol–water partition coefficient (Wildman–Crippen LogP) is 1.89. The van der Waals surface area contributed by atoms with Crippen LogP contribution in [0.15, 0.2) is 12.4 Å². The first-order valence-electron chi connectivity index (χ1n) is 6.25. The van der Waals surface area contributed by atoms with Crippen LogP contribution in [0.5, 0.6) is 0 Å². The maximum atomic E-state index is 11.6. The molecule has 1 aromatic heterocycles. The first-order chi connectivity index (χ1) is 8.26. The van der Waals surface area contributed by atoms with Crippen molar-refractivity contribution in [2.45, 2.75) is 39.0 Å². The van der Waals surface area contributed by atoms with Crippen LogP contribution in [0.25, 0.3) is 0 Å². The summed E-state index contributed by atoms with van der Waals surface area (Å²) in [5.41, 5.74) is 6.29. The molecular weight excluding hydrogens is 216 g/mol. The predicted molar refractivity (Wildman–Crippen MR) is 68.5 cm³/mol. The van der Waals surface area contributed by atoms with Gasteiger partial charge in [0, 0.05) is 12.6 Å². The zero-order valence-corrected chi connectivity index (χ0v) is 10.4. The van der Waals surface area contributed by atoms with Crippen molar-refractivity contribution in [2.75, 3.05) is 11.9 Å². The van der Waals surface area contributed by atoms with Crippen LogP contribution in [0.1, 0.15) is 39.0 Å². The molecule has 1 atom stereocenters. The van der Waals surface area contributed by atoms with E-state index in [4.69, 9.17) is 5.73 Å². The minimum atomic E-state index is 0.0459. The Labute approximate surface area is 102 Å². The molecule has 0 bridgehead atoms. The average Bonchev–Trinajstić information content (AvgIpc) is 2.79. The van der Waals surface area contributed by atoms with E-state index in [1.54, 1.807) is 12.4 Å². The Bertz CT molecular complexity index is 304. The van der Waals surface area contributed by atoms with Gasteiger partial charge in [0.15, 0.2) is 0 Å². The van der Waals surface area contributed by atoms with E-state index in [-0.39, 0.29) is 5.91 Å². The van der Waals surface area contributed by atoms with Crippen LogP contribution in [0.2, 0.25) is 0 Å². The number of hydrogen-bond acceptors (Lipinski definition) is 3. The first kappa shape index (κ1) is 13.7. The molecule has 0 aliphatic heterocycles. The molecule has 0 radical (unpaired) electrons. The molecule has 5 heteroatoms. The third-order valence-corrected chi connectivity index (χ3v) is 2.83. The monoisotopic (exact) mass is 238 g/mol.